The smallest absolute Gasteiger partial charge is 0.324 e. The van der Waals surface area contributed by atoms with E-state index in [0.717, 1.165) is 27.4 Å². The number of hydrazone groups is 1. The molecule has 14 heteroatoms. The fraction of sp³-hybridized carbons (Fsp3) is 0.143. The number of rotatable bonds is 8. The third-order valence-corrected chi connectivity index (χ3v) is 7.05. The van der Waals surface area contributed by atoms with Crippen LogP contribution in [0.3, 0.4) is 0 Å². The number of ketones is 1. The van der Waals surface area contributed by atoms with Crippen molar-refractivity contribution in [2.24, 2.45) is 10.9 Å². The molecule has 1 aromatic heterocycles. The molecular formula is C35H34Cl3F3N6O2. The van der Waals surface area contributed by atoms with Gasteiger partial charge in [0.25, 0.3) is 11.3 Å². The molecule has 0 radical (unpaired) electrons. The van der Waals surface area contributed by atoms with E-state index in [-0.39, 0.29) is 11.8 Å². The van der Waals surface area contributed by atoms with E-state index in [1.807, 2.05) is 69.3 Å². The molecular weight excluding hydrogens is 700 g/mol. The molecule has 1 heterocycles. The Labute approximate surface area is 297 Å². The second-order valence-electron chi connectivity index (χ2n) is 9.84. The summed E-state index contributed by atoms with van der Waals surface area (Å²) in [4.78, 5) is 22.4. The second kappa shape index (κ2) is 20.0. The fourth-order valence-corrected chi connectivity index (χ4v) is 4.30. The van der Waals surface area contributed by atoms with Crippen LogP contribution in [0.2, 0.25) is 15.1 Å². The Bertz CT molecular complexity index is 1900. The van der Waals surface area contributed by atoms with E-state index < -0.39 is 12.0 Å². The molecule has 0 saturated heterocycles. The fourth-order valence-electron chi connectivity index (χ4n) is 3.76. The van der Waals surface area contributed by atoms with Crippen LogP contribution in [0, 0.1) is 6.92 Å². The molecule has 0 aliphatic rings. The predicted octanol–water partition coefficient (Wildman–Crippen LogP) is 9.79. The number of nitrogen functional groups attached to an aromatic ring is 1. The van der Waals surface area contributed by atoms with Crippen LogP contribution >= 0.6 is 34.8 Å². The van der Waals surface area contributed by atoms with Gasteiger partial charge in [-0.3, -0.25) is 20.9 Å². The van der Waals surface area contributed by atoms with Gasteiger partial charge in [0.2, 0.25) is 0 Å². The van der Waals surface area contributed by atoms with E-state index >= 15 is 0 Å². The van der Waals surface area contributed by atoms with Crippen LogP contribution in [0.25, 0.3) is 23.9 Å². The Morgan fingerprint density at radius 3 is 1.80 bits per heavy atom. The SMILES string of the molecule is C/C=C/c1cc(-n2ncc(C)cc2=O)ccc1Cl.C/C=C/c1cc(N/N=C\C(=O)C(F)(F)F)ccc1Cl.C/C=C/c1cc(NN)ccc1Cl. The average molecular weight is 734 g/mol. The number of benzene rings is 3. The minimum Gasteiger partial charge on any atom is -0.324 e. The number of hydrazine groups is 1. The van der Waals surface area contributed by atoms with Gasteiger partial charge in [-0.2, -0.15) is 28.1 Å². The summed E-state index contributed by atoms with van der Waals surface area (Å²) < 4.78 is 37.0. The average Bonchev–Trinajstić information content (AvgIpc) is 3.05. The maximum Gasteiger partial charge on any atom is 0.455 e. The summed E-state index contributed by atoms with van der Waals surface area (Å²) in [5.41, 5.74) is 10.1. The highest BCUT2D eigenvalue weighted by molar-refractivity contribution is 6.33. The first-order valence-corrected chi connectivity index (χ1v) is 15.6. The topological polar surface area (TPSA) is 114 Å². The number of hydrogen-bond acceptors (Lipinski definition) is 7. The summed E-state index contributed by atoms with van der Waals surface area (Å²) in [6, 6.07) is 17.2. The molecule has 4 rings (SSSR count). The Morgan fingerprint density at radius 1 is 0.816 bits per heavy atom. The van der Waals surface area contributed by atoms with Gasteiger partial charge in [-0.25, -0.2) is 0 Å². The van der Waals surface area contributed by atoms with Crippen molar-refractivity contribution in [3.05, 3.63) is 133 Å². The number of halogens is 6. The number of nitrogens with two attached hydrogens (primary N) is 1. The largest absolute Gasteiger partial charge is 0.455 e. The molecule has 0 saturated carbocycles. The zero-order chi connectivity index (χ0) is 36.6. The first-order valence-electron chi connectivity index (χ1n) is 14.4. The Balaban J connectivity index is 0.000000262. The van der Waals surface area contributed by atoms with E-state index in [1.165, 1.54) is 10.7 Å². The zero-order valence-electron chi connectivity index (χ0n) is 26.9. The molecule has 0 fully saturated rings. The van der Waals surface area contributed by atoms with Gasteiger partial charge in [0, 0.05) is 26.8 Å². The van der Waals surface area contributed by atoms with Crippen LogP contribution in [0.1, 0.15) is 43.0 Å². The van der Waals surface area contributed by atoms with E-state index in [1.54, 1.807) is 55.6 Å². The van der Waals surface area contributed by atoms with Gasteiger partial charge in [0.15, 0.2) is 0 Å². The number of alkyl halides is 3. The normalized spacial score (nSPS) is 11.4. The molecule has 4 N–H and O–H groups in total. The van der Waals surface area contributed by atoms with Crippen molar-refractivity contribution in [1.29, 1.82) is 0 Å². The lowest BCUT2D eigenvalue weighted by Crippen LogP contribution is -2.23. The Morgan fingerprint density at radius 2 is 1.31 bits per heavy atom. The molecule has 0 amide bonds. The van der Waals surface area contributed by atoms with Crippen LogP contribution in [-0.2, 0) is 4.79 Å². The maximum atomic E-state index is 11.9. The quantitative estimate of drug-likeness (QED) is 0.0944. The van der Waals surface area contributed by atoms with Crippen LogP contribution < -0.4 is 22.3 Å². The van der Waals surface area contributed by atoms with Gasteiger partial charge >= 0.3 is 6.18 Å². The van der Waals surface area contributed by atoms with Crippen LogP contribution in [0.15, 0.2) is 95.0 Å². The highest BCUT2D eigenvalue weighted by Crippen LogP contribution is 2.23. The summed E-state index contributed by atoms with van der Waals surface area (Å²) >= 11 is 17.9. The number of hydrogen-bond donors (Lipinski definition) is 3. The van der Waals surface area contributed by atoms with Crippen molar-refractivity contribution in [2.45, 2.75) is 33.9 Å². The second-order valence-corrected chi connectivity index (χ2v) is 11.1. The van der Waals surface area contributed by atoms with Crippen molar-refractivity contribution in [1.82, 2.24) is 9.78 Å². The number of allylic oxidation sites excluding steroid dienone is 3. The lowest BCUT2D eigenvalue weighted by molar-refractivity contribution is -0.162. The minimum atomic E-state index is -4.92. The molecule has 4 aromatic rings. The van der Waals surface area contributed by atoms with E-state index in [4.69, 9.17) is 40.6 Å². The van der Waals surface area contributed by atoms with Crippen molar-refractivity contribution >= 4 is 76.4 Å². The van der Waals surface area contributed by atoms with Crippen LogP contribution in [0.4, 0.5) is 24.5 Å². The lowest BCUT2D eigenvalue weighted by atomic mass is 10.2. The molecule has 0 bridgehead atoms. The molecule has 0 unspecified atom stereocenters. The summed E-state index contributed by atoms with van der Waals surface area (Å²) in [6.07, 6.45) is 8.09. The van der Waals surface area contributed by atoms with E-state index in [2.05, 4.69) is 21.1 Å². The van der Waals surface area contributed by atoms with Gasteiger partial charge in [0.05, 0.1) is 23.8 Å². The number of nitrogens with one attached hydrogen (secondary N) is 2. The number of carbonyl (C=O) groups is 1. The predicted molar refractivity (Wildman–Crippen MR) is 198 cm³/mol. The highest BCUT2D eigenvalue weighted by Gasteiger charge is 2.36. The van der Waals surface area contributed by atoms with Gasteiger partial charge in [-0.15, -0.1) is 0 Å². The number of aromatic nitrogens is 2. The number of anilines is 2. The third kappa shape index (κ3) is 13.4. The minimum absolute atomic E-state index is 0.149. The molecule has 49 heavy (non-hydrogen) atoms. The maximum absolute atomic E-state index is 11.9. The van der Waals surface area contributed by atoms with Gasteiger partial charge < -0.3 is 5.43 Å². The molecule has 0 spiro atoms. The monoisotopic (exact) mass is 732 g/mol. The zero-order valence-corrected chi connectivity index (χ0v) is 29.2. The summed E-state index contributed by atoms with van der Waals surface area (Å²) in [5, 5.41) is 9.22. The summed E-state index contributed by atoms with van der Waals surface area (Å²) in [6.45, 7) is 7.50. The van der Waals surface area contributed by atoms with Crippen LogP contribution in [-0.4, -0.2) is 28.0 Å². The number of nitrogens with zero attached hydrogens (tertiary/aromatic N) is 3. The lowest BCUT2D eigenvalue weighted by Gasteiger charge is -2.06. The molecule has 3 aromatic carbocycles. The first-order chi connectivity index (χ1) is 23.2. The number of Topliss-reactive ketones (excluding diaryl/α,β-unsaturated/α-hetero) is 1. The van der Waals surface area contributed by atoms with Crippen molar-refractivity contribution in [3.63, 3.8) is 0 Å². The van der Waals surface area contributed by atoms with Crippen molar-refractivity contribution < 1.29 is 18.0 Å². The number of aryl methyl sites for hydroxylation is 1. The summed E-state index contributed by atoms with van der Waals surface area (Å²) in [5.74, 6) is 3.22. The Hall–Kier alpha value is -4.68. The molecule has 0 atom stereocenters. The molecule has 258 valence electrons. The van der Waals surface area contributed by atoms with Gasteiger partial charge in [-0.1, -0.05) is 71.3 Å². The first kappa shape index (κ1) is 40.5. The number of carbonyl (C=O) groups excluding carboxylic acids is 1. The highest BCUT2D eigenvalue weighted by atomic mass is 35.5. The third-order valence-electron chi connectivity index (χ3n) is 6.01. The van der Waals surface area contributed by atoms with Gasteiger partial charge in [0.1, 0.15) is 0 Å². The molecule has 0 aliphatic heterocycles. The Kier molecular flexibility index (Phi) is 16.5. The van der Waals surface area contributed by atoms with E-state index in [0.29, 0.717) is 27.0 Å². The van der Waals surface area contributed by atoms with Crippen LogP contribution in [0.5, 0.6) is 0 Å². The van der Waals surface area contributed by atoms with E-state index in [9.17, 15) is 22.8 Å². The summed E-state index contributed by atoms with van der Waals surface area (Å²) in [7, 11) is 0. The standard InChI is InChI=1S/C14H13ClN2O.C12H10ClF3N2O.C9H11ClN2/c1-3-4-11-8-12(5-6-13(11)15)17-14(18)7-10(2)9-16-17;1-2-3-8-6-9(4-5-10(8)13)18-17-7-11(19)12(14,15)16;1-2-3-7-6-8(12-11)4-5-9(7)10/h3-9H,1-2H3;2-7,18H,1H3;2-6,12H,11H2,1H3/b4-3+;3-2+,17-7-;3-2+. The van der Waals surface area contributed by atoms with Crippen molar-refractivity contribution in [3.8, 4) is 5.69 Å². The molecule has 0 aliphatic carbocycles. The molecule has 8 nitrogen and oxygen atoms in total. The van der Waals surface area contributed by atoms with Gasteiger partial charge in [-0.05, 0) is 105 Å². The van der Waals surface area contributed by atoms with Crippen molar-refractivity contribution in [2.75, 3.05) is 10.9 Å².